The molecule has 0 aliphatic carbocycles. The van der Waals surface area contributed by atoms with E-state index in [2.05, 4.69) is 5.10 Å². The Morgan fingerprint density at radius 3 is 2.76 bits per heavy atom. The Balaban J connectivity index is 0.00000144. The van der Waals surface area contributed by atoms with Crippen LogP contribution in [0.1, 0.15) is 0 Å². The van der Waals surface area contributed by atoms with E-state index in [1.807, 2.05) is 24.3 Å². The van der Waals surface area contributed by atoms with E-state index < -0.39 is 0 Å². The van der Waals surface area contributed by atoms with Gasteiger partial charge in [0.25, 0.3) is 0 Å². The molecule has 4 nitrogen and oxygen atoms in total. The molecule has 6 heteroatoms. The van der Waals surface area contributed by atoms with E-state index in [1.54, 1.807) is 16.9 Å². The third kappa shape index (κ3) is 3.36. The molecule has 0 bridgehead atoms. The van der Waals surface area contributed by atoms with Crippen LogP contribution < -0.4 is 10.5 Å². The molecule has 17 heavy (non-hydrogen) atoms. The lowest BCUT2D eigenvalue weighted by atomic mass is 10.3. The van der Waals surface area contributed by atoms with Gasteiger partial charge in [0, 0.05) is 18.8 Å². The van der Waals surface area contributed by atoms with Crippen molar-refractivity contribution in [3.05, 3.63) is 41.6 Å². The average Bonchev–Trinajstić information content (AvgIpc) is 2.75. The van der Waals surface area contributed by atoms with E-state index in [1.165, 1.54) is 0 Å². The largest absolute Gasteiger partial charge is 0.475 e. The molecule has 1 aromatic heterocycles. The molecule has 0 radical (unpaired) electrons. The molecule has 0 amide bonds. The maximum absolute atomic E-state index is 6.05. The van der Waals surface area contributed by atoms with Crippen molar-refractivity contribution in [2.75, 3.05) is 13.2 Å². The van der Waals surface area contributed by atoms with E-state index in [0.717, 1.165) is 5.69 Å². The van der Waals surface area contributed by atoms with Crippen molar-refractivity contribution in [2.45, 2.75) is 0 Å². The molecule has 0 saturated carbocycles. The van der Waals surface area contributed by atoms with Gasteiger partial charge in [-0.25, -0.2) is 4.68 Å². The molecule has 2 aromatic rings. The summed E-state index contributed by atoms with van der Waals surface area (Å²) in [6.07, 6.45) is 1.80. The fourth-order valence-corrected chi connectivity index (χ4v) is 1.54. The Bertz CT molecular complexity index is 473. The summed E-state index contributed by atoms with van der Waals surface area (Å²) in [7, 11) is 0. The van der Waals surface area contributed by atoms with Crippen LogP contribution in [0.4, 0.5) is 0 Å². The minimum Gasteiger partial charge on any atom is -0.475 e. The standard InChI is InChI=1S/C11H12ClN3O.ClH/c12-9-3-1-2-4-10(9)15-7-5-11(14-15)16-8-6-13;/h1-5,7H,6,8,13H2;1H. The van der Waals surface area contributed by atoms with Gasteiger partial charge in [-0.2, -0.15) is 0 Å². The molecule has 2 N–H and O–H groups in total. The zero-order valence-corrected chi connectivity index (χ0v) is 10.6. The van der Waals surface area contributed by atoms with Crippen LogP contribution in [-0.2, 0) is 0 Å². The van der Waals surface area contributed by atoms with Crippen LogP contribution in [-0.4, -0.2) is 22.9 Å². The van der Waals surface area contributed by atoms with Crippen molar-refractivity contribution in [3.63, 3.8) is 0 Å². The smallest absolute Gasteiger partial charge is 0.233 e. The van der Waals surface area contributed by atoms with Gasteiger partial charge in [-0.3, -0.25) is 0 Å². The minimum absolute atomic E-state index is 0. The van der Waals surface area contributed by atoms with Crippen molar-refractivity contribution < 1.29 is 4.74 Å². The Morgan fingerprint density at radius 2 is 2.06 bits per heavy atom. The fourth-order valence-electron chi connectivity index (χ4n) is 1.32. The van der Waals surface area contributed by atoms with E-state index >= 15 is 0 Å². The zero-order valence-electron chi connectivity index (χ0n) is 9.04. The first-order valence-electron chi connectivity index (χ1n) is 4.94. The van der Waals surface area contributed by atoms with Gasteiger partial charge in [0.05, 0.1) is 10.7 Å². The van der Waals surface area contributed by atoms with Gasteiger partial charge >= 0.3 is 0 Å². The molecule has 0 saturated heterocycles. The van der Waals surface area contributed by atoms with E-state index in [9.17, 15) is 0 Å². The molecule has 2 rings (SSSR count). The highest BCUT2D eigenvalue weighted by Crippen LogP contribution is 2.20. The molecular weight excluding hydrogens is 261 g/mol. The predicted octanol–water partition coefficient (Wildman–Crippen LogP) is 2.29. The molecule has 1 aromatic carbocycles. The van der Waals surface area contributed by atoms with Crippen LogP contribution in [0.15, 0.2) is 36.5 Å². The van der Waals surface area contributed by atoms with Crippen molar-refractivity contribution in [1.82, 2.24) is 9.78 Å². The number of ether oxygens (including phenoxy) is 1. The normalized spacial score (nSPS) is 9.76. The zero-order chi connectivity index (χ0) is 11.4. The molecule has 0 aliphatic rings. The summed E-state index contributed by atoms with van der Waals surface area (Å²) in [5.74, 6) is 0.547. The summed E-state index contributed by atoms with van der Waals surface area (Å²) in [6, 6.07) is 9.27. The monoisotopic (exact) mass is 273 g/mol. The predicted molar refractivity (Wildman–Crippen MR) is 70.4 cm³/mol. The average molecular weight is 274 g/mol. The maximum Gasteiger partial charge on any atom is 0.233 e. The Labute approximate surface area is 111 Å². The number of nitrogens with two attached hydrogens (primary N) is 1. The SMILES string of the molecule is Cl.NCCOc1ccn(-c2ccccc2Cl)n1. The second-order valence-electron chi connectivity index (χ2n) is 3.19. The van der Waals surface area contributed by atoms with E-state index in [0.29, 0.717) is 24.1 Å². The summed E-state index contributed by atoms with van der Waals surface area (Å²) in [6.45, 7) is 0.929. The van der Waals surface area contributed by atoms with Crippen LogP contribution >= 0.6 is 24.0 Å². The van der Waals surface area contributed by atoms with Crippen molar-refractivity contribution in [2.24, 2.45) is 5.73 Å². The molecule has 92 valence electrons. The summed E-state index contributed by atoms with van der Waals surface area (Å²) in [5.41, 5.74) is 6.16. The van der Waals surface area contributed by atoms with Crippen LogP contribution in [0.2, 0.25) is 5.02 Å². The van der Waals surface area contributed by atoms with Crippen molar-refractivity contribution >= 4 is 24.0 Å². The first kappa shape index (κ1) is 13.8. The third-order valence-corrected chi connectivity index (χ3v) is 2.35. The van der Waals surface area contributed by atoms with Gasteiger partial charge in [-0.15, -0.1) is 17.5 Å². The topological polar surface area (TPSA) is 53.1 Å². The van der Waals surface area contributed by atoms with E-state index in [4.69, 9.17) is 22.1 Å². The summed E-state index contributed by atoms with van der Waals surface area (Å²) >= 11 is 6.05. The number of nitrogens with zero attached hydrogens (tertiary/aromatic N) is 2. The van der Waals surface area contributed by atoms with Crippen molar-refractivity contribution in [3.8, 4) is 11.6 Å². The lowest BCUT2D eigenvalue weighted by Crippen LogP contribution is -2.11. The Hall–Kier alpha value is -1.23. The molecule has 0 atom stereocenters. The quantitative estimate of drug-likeness (QED) is 0.930. The highest BCUT2D eigenvalue weighted by Gasteiger charge is 2.04. The summed E-state index contributed by atoms with van der Waals surface area (Å²) in [4.78, 5) is 0. The van der Waals surface area contributed by atoms with Crippen molar-refractivity contribution in [1.29, 1.82) is 0 Å². The van der Waals surface area contributed by atoms with Gasteiger partial charge in [-0.05, 0) is 12.1 Å². The molecular formula is C11H13Cl2N3O. The number of para-hydroxylation sites is 1. The number of hydrogen-bond donors (Lipinski definition) is 1. The fraction of sp³-hybridized carbons (Fsp3) is 0.182. The van der Waals surface area contributed by atoms with Gasteiger partial charge in [0.15, 0.2) is 0 Å². The summed E-state index contributed by atoms with van der Waals surface area (Å²) in [5, 5.41) is 4.88. The number of hydrogen-bond acceptors (Lipinski definition) is 3. The van der Waals surface area contributed by atoms with Gasteiger partial charge in [-0.1, -0.05) is 23.7 Å². The number of aromatic nitrogens is 2. The molecule has 0 fully saturated rings. The minimum atomic E-state index is 0. The van der Waals surface area contributed by atoms with Gasteiger partial charge in [0.2, 0.25) is 5.88 Å². The number of rotatable bonds is 4. The molecule has 1 heterocycles. The second-order valence-corrected chi connectivity index (χ2v) is 3.59. The highest BCUT2D eigenvalue weighted by molar-refractivity contribution is 6.32. The number of benzene rings is 1. The Morgan fingerprint density at radius 1 is 1.29 bits per heavy atom. The van der Waals surface area contributed by atoms with Crippen LogP contribution in [0.3, 0.4) is 0 Å². The highest BCUT2D eigenvalue weighted by atomic mass is 35.5. The van der Waals surface area contributed by atoms with Crippen LogP contribution in [0, 0.1) is 0 Å². The first-order valence-corrected chi connectivity index (χ1v) is 5.32. The van der Waals surface area contributed by atoms with E-state index in [-0.39, 0.29) is 12.4 Å². The lowest BCUT2D eigenvalue weighted by molar-refractivity contribution is 0.313. The molecule has 0 aliphatic heterocycles. The second kappa shape index (κ2) is 6.49. The third-order valence-electron chi connectivity index (χ3n) is 2.03. The lowest BCUT2D eigenvalue weighted by Gasteiger charge is -2.03. The van der Waals surface area contributed by atoms with Crippen LogP contribution in [0.5, 0.6) is 5.88 Å². The number of halogens is 2. The summed E-state index contributed by atoms with van der Waals surface area (Å²) < 4.78 is 6.97. The van der Waals surface area contributed by atoms with Gasteiger partial charge < -0.3 is 10.5 Å². The Kier molecular flexibility index (Phi) is 5.28. The molecule has 0 unspecified atom stereocenters. The molecule has 0 spiro atoms. The van der Waals surface area contributed by atoms with Crippen LogP contribution in [0.25, 0.3) is 5.69 Å². The maximum atomic E-state index is 6.05. The first-order chi connectivity index (χ1) is 7.81. The van der Waals surface area contributed by atoms with Gasteiger partial charge in [0.1, 0.15) is 6.61 Å².